The maximum absolute atomic E-state index is 12.5. The zero-order chi connectivity index (χ0) is 27.1. The van der Waals surface area contributed by atoms with Gasteiger partial charge in [-0.3, -0.25) is 0 Å². The average Bonchev–Trinajstić information content (AvgIpc) is 3.23. The third-order valence-corrected chi connectivity index (χ3v) is 11.7. The summed E-state index contributed by atoms with van der Waals surface area (Å²) in [7, 11) is 0. The van der Waals surface area contributed by atoms with Gasteiger partial charge in [-0.2, -0.15) is 0 Å². The first-order valence-electron chi connectivity index (χ1n) is 15.7. The van der Waals surface area contributed by atoms with E-state index in [4.69, 9.17) is 9.47 Å². The molecule has 0 unspecified atom stereocenters. The first-order valence-corrected chi connectivity index (χ1v) is 15.7. The molecule has 3 heteroatoms. The van der Waals surface area contributed by atoms with Crippen LogP contribution in [0, 0.1) is 53.3 Å². The molecule has 0 amide bonds. The Morgan fingerprint density at radius 2 is 1.74 bits per heavy atom. The zero-order valence-corrected chi connectivity index (χ0v) is 24.9. The maximum atomic E-state index is 12.5. The fourth-order valence-corrected chi connectivity index (χ4v) is 9.62. The average molecular weight is 521 g/mol. The highest BCUT2D eigenvalue weighted by Gasteiger charge is 2.59. The van der Waals surface area contributed by atoms with Gasteiger partial charge in [-0.05, 0) is 110 Å². The van der Waals surface area contributed by atoms with E-state index >= 15 is 0 Å². The molecule has 0 heterocycles. The highest BCUT2D eigenvalue weighted by molar-refractivity contribution is 5.64. The molecular formula is C35H52O3. The van der Waals surface area contributed by atoms with Crippen molar-refractivity contribution in [3.05, 3.63) is 41.5 Å². The molecule has 0 bridgehead atoms. The van der Waals surface area contributed by atoms with Crippen molar-refractivity contribution < 1.29 is 14.3 Å². The van der Waals surface area contributed by atoms with Crippen molar-refractivity contribution in [3.8, 4) is 5.75 Å². The van der Waals surface area contributed by atoms with Gasteiger partial charge in [0.05, 0.1) is 0 Å². The third-order valence-electron chi connectivity index (χ3n) is 11.7. The Kier molecular flexibility index (Phi) is 8.05. The van der Waals surface area contributed by atoms with E-state index in [2.05, 4.69) is 40.7 Å². The fraction of sp³-hybridized carbons (Fsp3) is 0.743. The molecule has 0 aromatic heterocycles. The summed E-state index contributed by atoms with van der Waals surface area (Å²) < 4.78 is 11.3. The molecule has 0 saturated heterocycles. The number of carbonyl (C=O) groups is 1. The summed E-state index contributed by atoms with van der Waals surface area (Å²) in [6.45, 7) is 14.5. The lowest BCUT2D eigenvalue weighted by molar-refractivity contribution is -0.0597. The van der Waals surface area contributed by atoms with E-state index in [1.54, 1.807) is 5.57 Å². The minimum absolute atomic E-state index is 0.0692. The van der Waals surface area contributed by atoms with Gasteiger partial charge >= 0.3 is 6.16 Å². The van der Waals surface area contributed by atoms with E-state index in [1.807, 2.05) is 31.2 Å². The van der Waals surface area contributed by atoms with Crippen LogP contribution in [0.2, 0.25) is 0 Å². The van der Waals surface area contributed by atoms with Crippen molar-refractivity contribution in [2.75, 3.05) is 0 Å². The molecule has 0 spiro atoms. The molecule has 210 valence electrons. The Morgan fingerprint density at radius 1 is 0.974 bits per heavy atom. The molecule has 4 aliphatic carbocycles. The number of fused-ring (bicyclic) bond motifs is 5. The van der Waals surface area contributed by atoms with Crippen molar-refractivity contribution in [1.82, 2.24) is 0 Å². The van der Waals surface area contributed by atoms with Gasteiger partial charge in [0, 0.05) is 6.42 Å². The van der Waals surface area contributed by atoms with E-state index in [9.17, 15) is 4.79 Å². The van der Waals surface area contributed by atoms with Crippen LogP contribution in [0.3, 0.4) is 0 Å². The van der Waals surface area contributed by atoms with Gasteiger partial charge in [-0.25, -0.2) is 4.79 Å². The maximum Gasteiger partial charge on any atom is 0.514 e. The quantitative estimate of drug-likeness (QED) is 0.204. The van der Waals surface area contributed by atoms with Gasteiger partial charge in [0.15, 0.2) is 0 Å². The van der Waals surface area contributed by atoms with Gasteiger partial charge in [-0.15, -0.1) is 0 Å². The number of benzene rings is 1. The number of hydrogen-bond acceptors (Lipinski definition) is 3. The Morgan fingerprint density at radius 3 is 2.47 bits per heavy atom. The van der Waals surface area contributed by atoms with Crippen LogP contribution in [0.1, 0.15) is 111 Å². The first kappa shape index (κ1) is 27.8. The van der Waals surface area contributed by atoms with Crippen molar-refractivity contribution in [3.63, 3.8) is 0 Å². The topological polar surface area (TPSA) is 35.5 Å². The molecule has 1 aromatic carbocycles. The van der Waals surface area contributed by atoms with Gasteiger partial charge in [-0.1, -0.05) is 83.2 Å². The summed E-state index contributed by atoms with van der Waals surface area (Å²) in [6.07, 6.45) is 16.0. The second kappa shape index (κ2) is 11.0. The molecule has 0 N–H and O–H groups in total. The number of carbonyl (C=O) groups excluding carboxylic acids is 1. The fourth-order valence-electron chi connectivity index (χ4n) is 9.62. The van der Waals surface area contributed by atoms with Crippen LogP contribution >= 0.6 is 0 Å². The highest BCUT2D eigenvalue weighted by Crippen LogP contribution is 2.67. The second-order valence-electron chi connectivity index (χ2n) is 14.4. The lowest BCUT2D eigenvalue weighted by atomic mass is 9.47. The lowest BCUT2D eigenvalue weighted by Gasteiger charge is -2.58. The highest BCUT2D eigenvalue weighted by atomic mass is 16.7. The Balaban J connectivity index is 1.21. The van der Waals surface area contributed by atoms with Crippen LogP contribution in [0.5, 0.6) is 5.75 Å². The number of rotatable bonds is 7. The zero-order valence-electron chi connectivity index (χ0n) is 24.9. The van der Waals surface area contributed by atoms with Crippen LogP contribution in [0.4, 0.5) is 4.79 Å². The van der Waals surface area contributed by atoms with E-state index in [1.165, 1.54) is 51.4 Å². The molecule has 0 radical (unpaired) electrons. The standard InChI is InChI=1S/C35H52O3/c1-23(2)8-7-9-25(4)30-16-17-31-29-15-12-26-22-28(38-33(36)37-27-13-10-24(3)11-14-27)18-20-34(26,5)32(29)19-21-35(30,31)6/h10-14,23,25,28-32H,7-9,15-22H2,1-6H3/t25-,28-,29-,30+,31+,32+,34+,35-/m0/s1. The normalized spacial score (nSPS) is 37.0. The molecule has 0 aliphatic heterocycles. The third kappa shape index (κ3) is 5.33. The largest absolute Gasteiger partial charge is 0.514 e. The molecular weight excluding hydrogens is 468 g/mol. The van der Waals surface area contributed by atoms with Crippen molar-refractivity contribution >= 4 is 6.16 Å². The van der Waals surface area contributed by atoms with Crippen LogP contribution in [-0.2, 0) is 4.74 Å². The summed E-state index contributed by atoms with van der Waals surface area (Å²) in [5.41, 5.74) is 3.50. The lowest BCUT2D eigenvalue weighted by Crippen LogP contribution is -2.51. The summed E-state index contributed by atoms with van der Waals surface area (Å²) in [5.74, 6) is 5.64. The first-order chi connectivity index (χ1) is 18.1. The summed E-state index contributed by atoms with van der Waals surface area (Å²) >= 11 is 0. The van der Waals surface area contributed by atoms with Gasteiger partial charge in [0.25, 0.3) is 0 Å². The minimum Gasteiger partial charge on any atom is -0.430 e. The molecule has 3 nitrogen and oxygen atoms in total. The number of ether oxygens (including phenoxy) is 2. The number of allylic oxidation sites excluding steroid dienone is 1. The van der Waals surface area contributed by atoms with Gasteiger partial charge < -0.3 is 9.47 Å². The van der Waals surface area contributed by atoms with Gasteiger partial charge in [0.1, 0.15) is 11.9 Å². The molecule has 8 atom stereocenters. The Bertz CT molecular complexity index is 1010. The van der Waals surface area contributed by atoms with Crippen LogP contribution < -0.4 is 4.74 Å². The molecule has 5 rings (SSSR count). The smallest absolute Gasteiger partial charge is 0.430 e. The van der Waals surface area contributed by atoms with Crippen molar-refractivity contribution in [1.29, 1.82) is 0 Å². The molecule has 1 aromatic rings. The van der Waals surface area contributed by atoms with Crippen molar-refractivity contribution in [2.24, 2.45) is 46.3 Å². The van der Waals surface area contributed by atoms with E-state index < -0.39 is 6.16 Å². The Hall–Kier alpha value is -1.77. The molecule has 4 aliphatic rings. The Labute approximate surface area is 232 Å². The van der Waals surface area contributed by atoms with Crippen molar-refractivity contribution in [2.45, 2.75) is 118 Å². The minimum atomic E-state index is -0.565. The van der Waals surface area contributed by atoms with E-state index in [0.29, 0.717) is 11.2 Å². The number of hydrogen-bond donors (Lipinski definition) is 0. The summed E-state index contributed by atoms with van der Waals surface area (Å²) in [5, 5.41) is 0. The molecule has 38 heavy (non-hydrogen) atoms. The number of aryl methyl sites for hydroxylation is 1. The van der Waals surface area contributed by atoms with Gasteiger partial charge in [0.2, 0.25) is 0 Å². The second-order valence-corrected chi connectivity index (χ2v) is 14.4. The van der Waals surface area contributed by atoms with E-state index in [-0.39, 0.29) is 11.5 Å². The van der Waals surface area contributed by atoms with Crippen LogP contribution in [-0.4, -0.2) is 12.3 Å². The predicted molar refractivity (Wildman–Crippen MR) is 155 cm³/mol. The molecule has 3 saturated carbocycles. The summed E-state index contributed by atoms with van der Waals surface area (Å²) in [6, 6.07) is 7.56. The SMILES string of the molecule is Cc1ccc(OC(=O)O[C@H]2CC[C@]3(C)C(=CC[C@H]4[C@H]5CC[C@H]([C@@H](C)CCCC(C)C)[C@]5(C)CC[C@H]43)C2)cc1. The van der Waals surface area contributed by atoms with Crippen LogP contribution in [0.15, 0.2) is 35.9 Å². The monoisotopic (exact) mass is 520 g/mol. The predicted octanol–water partition coefficient (Wildman–Crippen LogP) is 9.92. The molecule has 3 fully saturated rings. The van der Waals surface area contributed by atoms with E-state index in [0.717, 1.165) is 60.3 Å². The van der Waals surface area contributed by atoms with Crippen LogP contribution in [0.25, 0.3) is 0 Å². The summed E-state index contributed by atoms with van der Waals surface area (Å²) in [4.78, 5) is 12.5.